The molecule has 0 saturated heterocycles. The quantitative estimate of drug-likeness (QED) is 0.518. The number of thiazole rings is 1. The number of halogens is 2. The van der Waals surface area contributed by atoms with Crippen LogP contribution in [0.3, 0.4) is 0 Å². The van der Waals surface area contributed by atoms with E-state index in [-0.39, 0.29) is 0 Å². The van der Waals surface area contributed by atoms with Gasteiger partial charge in [0.2, 0.25) is 0 Å². The fourth-order valence-electron chi connectivity index (χ4n) is 2.46. The number of nitrogens with zero attached hydrogens (tertiary/aromatic N) is 1. The first-order valence-electron chi connectivity index (χ1n) is 7.50. The fraction of sp³-hybridized carbons (Fsp3) is 0.158. The van der Waals surface area contributed by atoms with E-state index in [4.69, 9.17) is 11.6 Å². The van der Waals surface area contributed by atoms with E-state index in [2.05, 4.69) is 18.8 Å². The highest BCUT2D eigenvalue weighted by Gasteiger charge is 2.13. The van der Waals surface area contributed by atoms with Crippen LogP contribution in [0.25, 0.3) is 21.0 Å². The molecule has 0 N–H and O–H groups in total. The van der Waals surface area contributed by atoms with Gasteiger partial charge >= 0.3 is 0 Å². The van der Waals surface area contributed by atoms with Gasteiger partial charge in [-0.1, -0.05) is 43.6 Å². The van der Waals surface area contributed by atoms with Crippen molar-refractivity contribution in [2.45, 2.75) is 19.8 Å². The molecule has 1 aromatic heterocycles. The zero-order valence-electron chi connectivity index (χ0n) is 13.2. The van der Waals surface area contributed by atoms with Crippen molar-refractivity contribution >= 4 is 29.2 Å². The number of carbonyl (C=O) groups is 1. The average Bonchev–Trinajstić information content (AvgIpc) is 3.03. The van der Waals surface area contributed by atoms with Crippen LogP contribution >= 0.6 is 22.9 Å². The molecule has 0 unspecified atom stereocenters. The number of hydrogen-bond acceptors (Lipinski definition) is 3. The predicted molar refractivity (Wildman–Crippen MR) is 97.4 cm³/mol. The van der Waals surface area contributed by atoms with E-state index >= 15 is 0 Å². The predicted octanol–water partition coefficient (Wildman–Crippen LogP) is 6.21. The van der Waals surface area contributed by atoms with Gasteiger partial charge in [-0.15, -0.1) is 11.3 Å². The second-order valence-corrected chi connectivity index (χ2v) is 7.22. The Bertz CT molecular complexity index is 904. The Balaban J connectivity index is 1.96. The first-order valence-corrected chi connectivity index (χ1v) is 8.69. The van der Waals surface area contributed by atoms with Crippen LogP contribution in [0.1, 0.15) is 35.7 Å². The molecule has 0 fully saturated rings. The van der Waals surface area contributed by atoms with Gasteiger partial charge in [-0.2, -0.15) is 0 Å². The third kappa shape index (κ3) is 3.25. The van der Waals surface area contributed by atoms with Gasteiger partial charge in [0.25, 0.3) is 0 Å². The van der Waals surface area contributed by atoms with E-state index in [0.717, 1.165) is 21.0 Å². The van der Waals surface area contributed by atoms with Crippen LogP contribution in [0.15, 0.2) is 42.6 Å². The van der Waals surface area contributed by atoms with Crippen LogP contribution in [0.5, 0.6) is 0 Å². The van der Waals surface area contributed by atoms with E-state index in [9.17, 15) is 9.18 Å². The smallest absolute Gasteiger partial charge is 0.150 e. The van der Waals surface area contributed by atoms with Gasteiger partial charge < -0.3 is 0 Å². The molecule has 2 nitrogen and oxygen atoms in total. The first-order chi connectivity index (χ1) is 11.5. The Morgan fingerprint density at radius 2 is 2.00 bits per heavy atom. The molecular formula is C19H15ClFNOS. The molecule has 1 heterocycles. The zero-order valence-corrected chi connectivity index (χ0v) is 14.8. The van der Waals surface area contributed by atoms with Crippen molar-refractivity contribution in [1.29, 1.82) is 0 Å². The molecule has 0 aliphatic rings. The van der Waals surface area contributed by atoms with Crippen molar-refractivity contribution < 1.29 is 9.18 Å². The summed E-state index contributed by atoms with van der Waals surface area (Å²) in [6, 6.07) is 10.3. The maximum atomic E-state index is 14.1. The van der Waals surface area contributed by atoms with Crippen LogP contribution in [0.2, 0.25) is 5.02 Å². The minimum Gasteiger partial charge on any atom is -0.298 e. The number of hydrogen-bond donors (Lipinski definition) is 0. The van der Waals surface area contributed by atoms with Crippen molar-refractivity contribution in [2.75, 3.05) is 0 Å². The second kappa shape index (κ2) is 6.83. The van der Waals surface area contributed by atoms with E-state index in [1.165, 1.54) is 17.4 Å². The fourth-order valence-corrected chi connectivity index (χ4v) is 3.80. The molecule has 3 aromatic rings. The van der Waals surface area contributed by atoms with Crippen molar-refractivity contribution in [3.63, 3.8) is 0 Å². The van der Waals surface area contributed by atoms with Crippen LogP contribution < -0.4 is 0 Å². The Kier molecular flexibility index (Phi) is 4.78. The lowest BCUT2D eigenvalue weighted by molar-refractivity contribution is 0.112. The monoisotopic (exact) mass is 359 g/mol. The SMILES string of the molecule is CC(C)c1ccc(-c2cnc(-c3ccc(C=O)cc3F)s2)cc1Cl. The van der Waals surface area contributed by atoms with Gasteiger partial charge in [0.1, 0.15) is 17.1 Å². The third-order valence-electron chi connectivity index (χ3n) is 3.77. The van der Waals surface area contributed by atoms with Gasteiger partial charge in [0.15, 0.2) is 0 Å². The van der Waals surface area contributed by atoms with E-state index < -0.39 is 5.82 Å². The van der Waals surface area contributed by atoms with E-state index in [0.29, 0.717) is 28.3 Å². The Morgan fingerprint density at radius 3 is 2.62 bits per heavy atom. The normalized spacial score (nSPS) is 11.0. The highest BCUT2D eigenvalue weighted by Crippen LogP contribution is 2.36. The van der Waals surface area contributed by atoms with Crippen LogP contribution in [0, 0.1) is 5.82 Å². The Labute approximate surface area is 148 Å². The molecule has 0 aliphatic heterocycles. The van der Waals surface area contributed by atoms with E-state index in [1.807, 2.05) is 18.2 Å². The molecule has 0 aliphatic carbocycles. The van der Waals surface area contributed by atoms with Crippen molar-refractivity contribution in [1.82, 2.24) is 4.98 Å². The molecule has 3 rings (SSSR count). The summed E-state index contributed by atoms with van der Waals surface area (Å²) >= 11 is 7.74. The topological polar surface area (TPSA) is 30.0 Å². The zero-order chi connectivity index (χ0) is 17.3. The molecule has 24 heavy (non-hydrogen) atoms. The van der Waals surface area contributed by atoms with Gasteiger partial charge in [-0.25, -0.2) is 9.37 Å². The largest absolute Gasteiger partial charge is 0.298 e. The number of benzene rings is 2. The van der Waals surface area contributed by atoms with Crippen LogP contribution in [-0.4, -0.2) is 11.3 Å². The van der Waals surface area contributed by atoms with Crippen LogP contribution in [0.4, 0.5) is 4.39 Å². The number of aldehydes is 1. The summed E-state index contributed by atoms with van der Waals surface area (Å²) in [7, 11) is 0. The number of aromatic nitrogens is 1. The van der Waals surface area contributed by atoms with Crippen LogP contribution in [-0.2, 0) is 0 Å². The maximum absolute atomic E-state index is 14.1. The molecule has 0 radical (unpaired) electrons. The first kappa shape index (κ1) is 16.8. The molecular weight excluding hydrogens is 345 g/mol. The summed E-state index contributed by atoms with van der Waals surface area (Å²) in [6.45, 7) is 4.19. The summed E-state index contributed by atoms with van der Waals surface area (Å²) in [5.41, 5.74) is 2.75. The Morgan fingerprint density at radius 1 is 1.21 bits per heavy atom. The van der Waals surface area contributed by atoms with Gasteiger partial charge in [-0.05, 0) is 35.2 Å². The van der Waals surface area contributed by atoms with Gasteiger partial charge in [-0.3, -0.25) is 4.79 Å². The minimum atomic E-state index is -0.450. The molecule has 2 aromatic carbocycles. The van der Waals surface area contributed by atoms with Gasteiger partial charge in [0.05, 0.1) is 4.88 Å². The summed E-state index contributed by atoms with van der Waals surface area (Å²) < 4.78 is 14.1. The van der Waals surface area contributed by atoms with Crippen molar-refractivity contribution in [3.8, 4) is 21.0 Å². The summed E-state index contributed by atoms with van der Waals surface area (Å²) in [5, 5.41) is 1.29. The minimum absolute atomic E-state index is 0.309. The van der Waals surface area contributed by atoms with Crippen molar-refractivity contribution in [2.24, 2.45) is 0 Å². The lowest BCUT2D eigenvalue weighted by Crippen LogP contribution is -1.88. The molecule has 122 valence electrons. The summed E-state index contributed by atoms with van der Waals surface area (Å²) in [4.78, 5) is 15.9. The van der Waals surface area contributed by atoms with Gasteiger partial charge in [0, 0.05) is 22.3 Å². The highest BCUT2D eigenvalue weighted by atomic mass is 35.5. The highest BCUT2D eigenvalue weighted by molar-refractivity contribution is 7.18. The molecule has 5 heteroatoms. The van der Waals surface area contributed by atoms with E-state index in [1.54, 1.807) is 18.3 Å². The summed E-state index contributed by atoms with van der Waals surface area (Å²) in [6.07, 6.45) is 2.34. The lowest BCUT2D eigenvalue weighted by atomic mass is 10.0. The molecule has 0 spiro atoms. The molecule has 0 atom stereocenters. The molecule has 0 amide bonds. The second-order valence-electron chi connectivity index (χ2n) is 5.78. The molecule has 0 saturated carbocycles. The number of rotatable bonds is 4. The average molecular weight is 360 g/mol. The lowest BCUT2D eigenvalue weighted by Gasteiger charge is -2.09. The van der Waals surface area contributed by atoms with Crippen molar-refractivity contribution in [3.05, 3.63) is 64.6 Å². The summed E-state index contributed by atoms with van der Waals surface area (Å²) in [5.74, 6) is -0.0947. The molecule has 0 bridgehead atoms. The third-order valence-corrected chi connectivity index (χ3v) is 5.18. The number of carbonyl (C=O) groups excluding carboxylic acids is 1. The Hall–Kier alpha value is -2.04. The standard InChI is InChI=1S/C19H15ClFNOS/c1-11(2)14-6-4-13(8-16(14)20)18-9-22-19(24-18)15-5-3-12(10-23)7-17(15)21/h3-11H,1-2H3. The maximum Gasteiger partial charge on any atom is 0.150 e.